The van der Waals surface area contributed by atoms with E-state index < -0.39 is 0 Å². The maximum absolute atomic E-state index is 6.53. The second kappa shape index (κ2) is 5.41. The molecule has 0 saturated heterocycles. The molecule has 1 saturated carbocycles. The average molecular weight is 246 g/mol. The third-order valence-corrected chi connectivity index (χ3v) is 4.40. The SMILES string of the molecule is Cc1cc(C)c(C(N)C2CCC(N)CC2)c(C)c1. The maximum atomic E-state index is 6.53. The lowest BCUT2D eigenvalue weighted by Crippen LogP contribution is -2.32. The number of aryl methyl sites for hydroxylation is 3. The molecular weight excluding hydrogens is 220 g/mol. The van der Waals surface area contributed by atoms with Gasteiger partial charge in [-0.05, 0) is 69.1 Å². The van der Waals surface area contributed by atoms with Crippen molar-refractivity contribution < 1.29 is 0 Å². The Labute approximate surface area is 111 Å². The van der Waals surface area contributed by atoms with Gasteiger partial charge in [-0.3, -0.25) is 0 Å². The number of rotatable bonds is 2. The van der Waals surface area contributed by atoms with E-state index in [2.05, 4.69) is 32.9 Å². The van der Waals surface area contributed by atoms with Crippen LogP contribution >= 0.6 is 0 Å². The van der Waals surface area contributed by atoms with E-state index in [1.807, 2.05) is 0 Å². The zero-order valence-electron chi connectivity index (χ0n) is 11.9. The van der Waals surface area contributed by atoms with Gasteiger partial charge in [-0.2, -0.15) is 0 Å². The highest BCUT2D eigenvalue weighted by atomic mass is 14.7. The lowest BCUT2D eigenvalue weighted by Gasteiger charge is -2.32. The second-order valence-corrected chi connectivity index (χ2v) is 6.01. The fourth-order valence-corrected chi connectivity index (χ4v) is 3.46. The first-order valence-corrected chi connectivity index (χ1v) is 7.08. The molecule has 100 valence electrons. The topological polar surface area (TPSA) is 52.0 Å². The third-order valence-electron chi connectivity index (χ3n) is 4.40. The predicted octanol–water partition coefficient (Wildman–Crippen LogP) is 3.13. The van der Waals surface area contributed by atoms with Crippen LogP contribution in [0.4, 0.5) is 0 Å². The van der Waals surface area contributed by atoms with Crippen molar-refractivity contribution >= 4 is 0 Å². The van der Waals surface area contributed by atoms with Crippen molar-refractivity contribution in [1.29, 1.82) is 0 Å². The van der Waals surface area contributed by atoms with E-state index in [1.165, 1.54) is 35.1 Å². The van der Waals surface area contributed by atoms with E-state index in [1.54, 1.807) is 0 Å². The number of nitrogens with two attached hydrogens (primary N) is 2. The van der Waals surface area contributed by atoms with Gasteiger partial charge in [0.05, 0.1) is 0 Å². The van der Waals surface area contributed by atoms with Crippen LogP contribution in [-0.2, 0) is 0 Å². The van der Waals surface area contributed by atoms with Crippen molar-refractivity contribution in [2.75, 3.05) is 0 Å². The molecule has 2 heteroatoms. The van der Waals surface area contributed by atoms with Gasteiger partial charge >= 0.3 is 0 Å². The minimum absolute atomic E-state index is 0.179. The number of hydrogen-bond donors (Lipinski definition) is 2. The molecule has 18 heavy (non-hydrogen) atoms. The van der Waals surface area contributed by atoms with Crippen molar-refractivity contribution in [2.45, 2.75) is 58.5 Å². The van der Waals surface area contributed by atoms with Crippen molar-refractivity contribution in [3.05, 3.63) is 34.4 Å². The van der Waals surface area contributed by atoms with E-state index >= 15 is 0 Å². The maximum Gasteiger partial charge on any atom is 0.0328 e. The second-order valence-electron chi connectivity index (χ2n) is 6.01. The molecule has 0 heterocycles. The quantitative estimate of drug-likeness (QED) is 0.842. The summed E-state index contributed by atoms with van der Waals surface area (Å²) in [5.41, 5.74) is 17.9. The van der Waals surface area contributed by atoms with Gasteiger partial charge < -0.3 is 11.5 Å². The van der Waals surface area contributed by atoms with Gasteiger partial charge in [0.2, 0.25) is 0 Å². The number of benzene rings is 1. The average Bonchev–Trinajstić information content (AvgIpc) is 2.28. The van der Waals surface area contributed by atoms with Crippen molar-refractivity contribution in [2.24, 2.45) is 17.4 Å². The highest BCUT2D eigenvalue weighted by Gasteiger charge is 2.26. The van der Waals surface area contributed by atoms with E-state index in [0.29, 0.717) is 12.0 Å². The van der Waals surface area contributed by atoms with E-state index in [4.69, 9.17) is 11.5 Å². The summed E-state index contributed by atoms with van der Waals surface area (Å²) >= 11 is 0. The van der Waals surface area contributed by atoms with Crippen molar-refractivity contribution in [3.63, 3.8) is 0 Å². The molecule has 1 atom stereocenters. The third kappa shape index (κ3) is 2.76. The Morgan fingerprint density at radius 1 is 1.00 bits per heavy atom. The Balaban J connectivity index is 2.21. The molecule has 1 aromatic carbocycles. The van der Waals surface area contributed by atoms with E-state index in [0.717, 1.165) is 12.8 Å². The molecule has 1 unspecified atom stereocenters. The van der Waals surface area contributed by atoms with Crippen LogP contribution in [0.15, 0.2) is 12.1 Å². The minimum atomic E-state index is 0.179. The molecule has 0 amide bonds. The molecule has 1 fully saturated rings. The van der Waals surface area contributed by atoms with Crippen LogP contribution in [0.3, 0.4) is 0 Å². The molecule has 1 aliphatic carbocycles. The lowest BCUT2D eigenvalue weighted by atomic mass is 9.78. The summed E-state index contributed by atoms with van der Waals surface area (Å²) in [7, 11) is 0. The first-order valence-electron chi connectivity index (χ1n) is 7.08. The summed E-state index contributed by atoms with van der Waals surface area (Å²) in [5, 5.41) is 0. The molecule has 4 N–H and O–H groups in total. The van der Waals surface area contributed by atoms with Crippen LogP contribution in [-0.4, -0.2) is 6.04 Å². The van der Waals surface area contributed by atoms with E-state index in [9.17, 15) is 0 Å². The molecule has 0 bridgehead atoms. The Hall–Kier alpha value is -0.860. The summed E-state index contributed by atoms with van der Waals surface area (Å²) in [4.78, 5) is 0. The van der Waals surface area contributed by atoms with E-state index in [-0.39, 0.29) is 6.04 Å². The fourth-order valence-electron chi connectivity index (χ4n) is 3.46. The first kappa shape index (κ1) is 13.6. The molecule has 0 aromatic heterocycles. The standard InChI is InChI=1S/C16H26N2/c1-10-8-11(2)15(12(3)9-10)16(18)13-4-6-14(17)7-5-13/h8-9,13-14,16H,4-7,17-18H2,1-3H3. The van der Waals surface area contributed by atoms with Crippen LogP contribution in [0, 0.1) is 26.7 Å². The van der Waals surface area contributed by atoms with Gasteiger partial charge in [-0.15, -0.1) is 0 Å². The monoisotopic (exact) mass is 246 g/mol. The highest BCUT2D eigenvalue weighted by Crippen LogP contribution is 2.35. The Kier molecular flexibility index (Phi) is 4.08. The molecule has 2 rings (SSSR count). The van der Waals surface area contributed by atoms with Crippen LogP contribution in [0.5, 0.6) is 0 Å². The van der Waals surface area contributed by atoms with Crippen molar-refractivity contribution in [1.82, 2.24) is 0 Å². The zero-order chi connectivity index (χ0) is 13.3. The van der Waals surface area contributed by atoms with Gasteiger partial charge in [0.1, 0.15) is 0 Å². The van der Waals surface area contributed by atoms with Crippen molar-refractivity contribution in [3.8, 4) is 0 Å². The summed E-state index contributed by atoms with van der Waals surface area (Å²) in [6, 6.07) is 5.07. The Bertz CT molecular complexity index is 394. The minimum Gasteiger partial charge on any atom is -0.328 e. The normalized spacial score (nSPS) is 26.1. The number of hydrogen-bond acceptors (Lipinski definition) is 2. The van der Waals surface area contributed by atoms with Crippen LogP contribution in [0.1, 0.15) is 54.0 Å². The zero-order valence-corrected chi connectivity index (χ0v) is 11.9. The van der Waals surface area contributed by atoms with Gasteiger partial charge in [-0.1, -0.05) is 17.7 Å². The summed E-state index contributed by atoms with van der Waals surface area (Å²) < 4.78 is 0. The molecule has 0 aliphatic heterocycles. The molecule has 1 aromatic rings. The Morgan fingerprint density at radius 3 is 2.00 bits per heavy atom. The van der Waals surface area contributed by atoms with Gasteiger partial charge in [0.25, 0.3) is 0 Å². The van der Waals surface area contributed by atoms with Crippen LogP contribution in [0.25, 0.3) is 0 Å². The van der Waals surface area contributed by atoms with Crippen LogP contribution < -0.4 is 11.5 Å². The van der Waals surface area contributed by atoms with Gasteiger partial charge in [-0.25, -0.2) is 0 Å². The van der Waals surface area contributed by atoms with Gasteiger partial charge in [0.15, 0.2) is 0 Å². The smallest absolute Gasteiger partial charge is 0.0328 e. The largest absolute Gasteiger partial charge is 0.328 e. The first-order chi connectivity index (χ1) is 8.49. The molecule has 2 nitrogen and oxygen atoms in total. The van der Waals surface area contributed by atoms with Crippen LogP contribution in [0.2, 0.25) is 0 Å². The highest BCUT2D eigenvalue weighted by molar-refractivity contribution is 5.39. The lowest BCUT2D eigenvalue weighted by molar-refractivity contribution is 0.284. The van der Waals surface area contributed by atoms with Gasteiger partial charge in [0, 0.05) is 12.1 Å². The summed E-state index contributed by atoms with van der Waals surface area (Å²) in [6.07, 6.45) is 4.61. The Morgan fingerprint density at radius 2 is 1.50 bits per heavy atom. The molecule has 0 spiro atoms. The molecule has 1 aliphatic rings. The summed E-state index contributed by atoms with van der Waals surface area (Å²) in [5.74, 6) is 0.602. The molecular formula is C16H26N2. The fraction of sp³-hybridized carbons (Fsp3) is 0.625. The summed E-state index contributed by atoms with van der Waals surface area (Å²) in [6.45, 7) is 6.52. The molecule has 0 radical (unpaired) electrons. The predicted molar refractivity (Wildman–Crippen MR) is 77.5 cm³/mol.